The van der Waals surface area contributed by atoms with Crippen LogP contribution in [0.4, 0.5) is 5.69 Å². The van der Waals surface area contributed by atoms with Crippen LogP contribution in [0.3, 0.4) is 0 Å². The van der Waals surface area contributed by atoms with Crippen molar-refractivity contribution in [1.82, 2.24) is 21.1 Å². The first-order valence-electron chi connectivity index (χ1n) is 8.48. The monoisotopic (exact) mass is 377 g/mol. The molecule has 1 heterocycles. The number of nitrogens with one attached hydrogen (secondary N) is 4. The van der Waals surface area contributed by atoms with E-state index in [-0.39, 0.29) is 18.5 Å². The van der Waals surface area contributed by atoms with E-state index in [0.717, 1.165) is 13.1 Å². The van der Waals surface area contributed by atoms with Gasteiger partial charge in [-0.15, -0.1) is 0 Å². The second kappa shape index (κ2) is 10.2. The van der Waals surface area contributed by atoms with Gasteiger partial charge in [0, 0.05) is 37.4 Å². The van der Waals surface area contributed by atoms with Crippen molar-refractivity contribution in [3.63, 3.8) is 0 Å². The molecule has 4 N–H and O–H groups in total. The lowest BCUT2D eigenvalue weighted by molar-refractivity contribution is -0.139. The zero-order chi connectivity index (χ0) is 19.6. The van der Waals surface area contributed by atoms with Crippen molar-refractivity contribution in [1.29, 1.82) is 0 Å². The van der Waals surface area contributed by atoms with Gasteiger partial charge in [0.25, 0.3) is 5.91 Å². The lowest BCUT2D eigenvalue weighted by Gasteiger charge is -2.27. The van der Waals surface area contributed by atoms with Gasteiger partial charge in [-0.05, 0) is 18.2 Å². The summed E-state index contributed by atoms with van der Waals surface area (Å²) in [6, 6.07) is 6.19. The van der Waals surface area contributed by atoms with Crippen LogP contribution in [0.2, 0.25) is 0 Å². The first-order chi connectivity index (χ1) is 13.0. The minimum absolute atomic E-state index is 0.252. The Labute approximate surface area is 156 Å². The highest BCUT2D eigenvalue weighted by molar-refractivity contribution is 6.04. The molecule has 1 aromatic carbocycles. The number of ether oxygens (including phenoxy) is 1. The van der Waals surface area contributed by atoms with Crippen molar-refractivity contribution in [2.24, 2.45) is 0 Å². The summed E-state index contributed by atoms with van der Waals surface area (Å²) < 4.78 is 4.45. The van der Waals surface area contributed by atoms with Crippen LogP contribution in [0.25, 0.3) is 0 Å². The molecule has 1 saturated heterocycles. The molecule has 0 spiro atoms. The molecule has 0 bridgehead atoms. The number of carbonyl (C=O) groups excluding carboxylic acids is 4. The van der Waals surface area contributed by atoms with Gasteiger partial charge in [0.1, 0.15) is 13.0 Å². The second-order valence-electron chi connectivity index (χ2n) is 5.84. The lowest BCUT2D eigenvalue weighted by Crippen LogP contribution is -2.52. The quantitative estimate of drug-likeness (QED) is 0.349. The molecule has 146 valence electrons. The van der Waals surface area contributed by atoms with E-state index in [1.807, 2.05) is 0 Å². The van der Waals surface area contributed by atoms with E-state index in [4.69, 9.17) is 0 Å². The number of carbonyl (C=O) groups is 4. The Morgan fingerprint density at radius 3 is 2.59 bits per heavy atom. The summed E-state index contributed by atoms with van der Waals surface area (Å²) in [5, 5.41) is 9.91. The molecule has 27 heavy (non-hydrogen) atoms. The number of hydrogen-bond donors (Lipinski definition) is 4. The first-order valence-corrected chi connectivity index (χ1v) is 8.48. The predicted molar refractivity (Wildman–Crippen MR) is 96.6 cm³/mol. The molecule has 1 aliphatic heterocycles. The van der Waals surface area contributed by atoms with Crippen LogP contribution in [0, 0.1) is 0 Å². The number of hydrazine groups is 1. The third-order valence-corrected chi connectivity index (χ3v) is 3.75. The number of nitrogens with zero attached hydrogens (tertiary/aromatic N) is 1. The van der Waals surface area contributed by atoms with Crippen molar-refractivity contribution in [2.45, 2.75) is 6.42 Å². The summed E-state index contributed by atoms with van der Waals surface area (Å²) in [7, 11) is 1.23. The standard InChI is InChI=1S/C17H23N5O5/c1-27-16(25)11-19-17(26)12-3-2-4-13(9-12)20-14(23)10-15(24)21-22-7-5-18-6-8-22/h2-4,9,18H,5-8,10-11H2,1H3,(H,19,26)(H,20,23)(H,21,24). The molecule has 1 aliphatic rings. The van der Waals surface area contributed by atoms with Gasteiger partial charge in [-0.25, -0.2) is 5.01 Å². The highest BCUT2D eigenvalue weighted by atomic mass is 16.5. The van der Waals surface area contributed by atoms with Gasteiger partial charge < -0.3 is 20.7 Å². The molecule has 1 aromatic rings. The van der Waals surface area contributed by atoms with E-state index in [9.17, 15) is 19.2 Å². The van der Waals surface area contributed by atoms with Crippen LogP contribution in [-0.2, 0) is 19.1 Å². The number of benzene rings is 1. The molecule has 1 fully saturated rings. The maximum absolute atomic E-state index is 12.0. The predicted octanol–water partition coefficient (Wildman–Crippen LogP) is -1.15. The van der Waals surface area contributed by atoms with Gasteiger partial charge in [-0.3, -0.25) is 24.6 Å². The number of piperazine rings is 1. The molecular formula is C17H23N5O5. The largest absolute Gasteiger partial charge is 0.468 e. The second-order valence-corrected chi connectivity index (χ2v) is 5.84. The molecule has 3 amide bonds. The molecule has 0 aromatic heterocycles. The number of hydrogen-bond acceptors (Lipinski definition) is 7. The van der Waals surface area contributed by atoms with E-state index in [2.05, 4.69) is 26.1 Å². The summed E-state index contributed by atoms with van der Waals surface area (Å²) in [6.07, 6.45) is -0.331. The summed E-state index contributed by atoms with van der Waals surface area (Å²) >= 11 is 0. The number of amides is 3. The molecule has 10 nitrogen and oxygen atoms in total. The van der Waals surface area contributed by atoms with Gasteiger partial charge >= 0.3 is 5.97 Å². The molecule has 2 rings (SSSR count). The molecule has 0 radical (unpaired) electrons. The zero-order valence-corrected chi connectivity index (χ0v) is 15.0. The zero-order valence-electron chi connectivity index (χ0n) is 15.0. The fourth-order valence-electron chi connectivity index (χ4n) is 2.41. The summed E-state index contributed by atoms with van der Waals surface area (Å²) in [5.41, 5.74) is 3.33. The number of esters is 1. The number of anilines is 1. The van der Waals surface area contributed by atoms with Crippen LogP contribution in [-0.4, -0.2) is 68.5 Å². The van der Waals surface area contributed by atoms with E-state index < -0.39 is 23.7 Å². The molecular weight excluding hydrogens is 354 g/mol. The Kier molecular flexibility index (Phi) is 7.71. The van der Waals surface area contributed by atoms with Gasteiger partial charge in [-0.1, -0.05) is 6.07 Å². The van der Waals surface area contributed by atoms with Crippen molar-refractivity contribution in [3.8, 4) is 0 Å². The van der Waals surface area contributed by atoms with Crippen LogP contribution in [0.5, 0.6) is 0 Å². The topological polar surface area (TPSA) is 129 Å². The highest BCUT2D eigenvalue weighted by Crippen LogP contribution is 2.11. The van der Waals surface area contributed by atoms with Crippen LogP contribution < -0.4 is 21.4 Å². The van der Waals surface area contributed by atoms with Crippen molar-refractivity contribution < 1.29 is 23.9 Å². The normalized spacial score (nSPS) is 14.1. The van der Waals surface area contributed by atoms with Gasteiger partial charge in [-0.2, -0.15) is 0 Å². The van der Waals surface area contributed by atoms with Crippen LogP contribution in [0.15, 0.2) is 24.3 Å². The van der Waals surface area contributed by atoms with E-state index >= 15 is 0 Å². The fraction of sp³-hybridized carbons (Fsp3) is 0.412. The maximum Gasteiger partial charge on any atom is 0.325 e. The van der Waals surface area contributed by atoms with Gasteiger partial charge in [0.05, 0.1) is 7.11 Å². The highest BCUT2D eigenvalue weighted by Gasteiger charge is 2.16. The van der Waals surface area contributed by atoms with Gasteiger partial charge in [0.2, 0.25) is 11.8 Å². The average molecular weight is 377 g/mol. The fourth-order valence-corrected chi connectivity index (χ4v) is 2.41. The Morgan fingerprint density at radius 2 is 1.89 bits per heavy atom. The summed E-state index contributed by atoms with van der Waals surface area (Å²) in [4.78, 5) is 47.0. The summed E-state index contributed by atoms with van der Waals surface area (Å²) in [6.45, 7) is 2.65. The maximum atomic E-state index is 12.0. The number of rotatable bonds is 7. The SMILES string of the molecule is COC(=O)CNC(=O)c1cccc(NC(=O)CC(=O)NN2CCNCC2)c1. The first kappa shape index (κ1) is 20.3. The molecule has 0 aliphatic carbocycles. The van der Waals surface area contributed by atoms with E-state index in [1.54, 1.807) is 23.2 Å². The minimum Gasteiger partial charge on any atom is -0.468 e. The van der Waals surface area contributed by atoms with Crippen LogP contribution >= 0.6 is 0 Å². The smallest absolute Gasteiger partial charge is 0.325 e. The van der Waals surface area contributed by atoms with Crippen LogP contribution in [0.1, 0.15) is 16.8 Å². The lowest BCUT2D eigenvalue weighted by atomic mass is 10.2. The third-order valence-electron chi connectivity index (χ3n) is 3.75. The molecule has 10 heteroatoms. The van der Waals surface area contributed by atoms with Crippen molar-refractivity contribution >= 4 is 29.4 Å². The minimum atomic E-state index is -0.566. The Morgan fingerprint density at radius 1 is 1.15 bits per heavy atom. The average Bonchev–Trinajstić information content (AvgIpc) is 2.66. The molecule has 0 atom stereocenters. The molecule has 0 unspecified atom stereocenters. The Balaban J connectivity index is 1.83. The molecule has 0 saturated carbocycles. The van der Waals surface area contributed by atoms with Crippen molar-refractivity contribution in [2.75, 3.05) is 45.2 Å². The Bertz CT molecular complexity index is 703. The van der Waals surface area contributed by atoms with E-state index in [0.29, 0.717) is 18.8 Å². The summed E-state index contributed by atoms with van der Waals surface area (Å²) in [5.74, 6) is -1.94. The van der Waals surface area contributed by atoms with E-state index in [1.165, 1.54) is 13.2 Å². The Hall–Kier alpha value is -2.98. The number of methoxy groups -OCH3 is 1. The van der Waals surface area contributed by atoms with Crippen molar-refractivity contribution in [3.05, 3.63) is 29.8 Å². The van der Waals surface area contributed by atoms with Gasteiger partial charge in [0.15, 0.2) is 0 Å². The third kappa shape index (κ3) is 7.04.